The molecule has 4 aromatic rings. The number of hydrogen-bond acceptors (Lipinski definition) is 6. The summed E-state index contributed by atoms with van der Waals surface area (Å²) in [4.78, 5) is 26.8. The van der Waals surface area contributed by atoms with E-state index in [0.29, 0.717) is 36.6 Å². The normalized spacial score (nSPS) is 13.9. The van der Waals surface area contributed by atoms with Crippen LogP contribution in [-0.2, 0) is 19.5 Å². The van der Waals surface area contributed by atoms with Crippen molar-refractivity contribution in [3.8, 4) is 28.5 Å². The molecule has 5 rings (SSSR count). The van der Waals surface area contributed by atoms with Crippen LogP contribution in [0.4, 0.5) is 0 Å². The first-order valence-corrected chi connectivity index (χ1v) is 9.75. The lowest BCUT2D eigenvalue weighted by Crippen LogP contribution is -2.35. The number of nitrogens with one attached hydrogen (secondary N) is 2. The number of phenolic OH excluding ortho intramolecular Hbond substituents is 1. The number of fused-ring (bicyclic) bond motifs is 1. The van der Waals surface area contributed by atoms with Crippen LogP contribution in [0.3, 0.4) is 0 Å². The topological polar surface area (TPSA) is 111 Å². The van der Waals surface area contributed by atoms with E-state index in [1.807, 2.05) is 36.5 Å². The zero-order valence-electron chi connectivity index (χ0n) is 16.2. The molecule has 4 heterocycles. The molecular weight excluding hydrogens is 380 g/mol. The largest absolute Gasteiger partial charge is 0.508 e. The molecule has 0 fully saturated rings. The highest BCUT2D eigenvalue weighted by Gasteiger charge is 2.23. The Bertz CT molecular complexity index is 1230. The van der Waals surface area contributed by atoms with E-state index in [1.165, 1.54) is 0 Å². The van der Waals surface area contributed by atoms with E-state index in [0.717, 1.165) is 29.1 Å². The Balaban J connectivity index is 1.38. The highest BCUT2D eigenvalue weighted by atomic mass is 16.3. The Hall–Kier alpha value is -3.78. The lowest BCUT2D eigenvalue weighted by molar-refractivity contribution is 0.242. The third kappa shape index (κ3) is 3.48. The molecule has 8 heteroatoms. The second-order valence-electron chi connectivity index (χ2n) is 7.33. The Morgan fingerprint density at radius 1 is 1.13 bits per heavy atom. The van der Waals surface area contributed by atoms with E-state index < -0.39 is 0 Å². The van der Waals surface area contributed by atoms with Crippen molar-refractivity contribution >= 4 is 0 Å². The molecule has 0 saturated carbocycles. The molecule has 150 valence electrons. The average molecular weight is 400 g/mol. The van der Waals surface area contributed by atoms with Crippen molar-refractivity contribution in [1.29, 1.82) is 0 Å². The lowest BCUT2D eigenvalue weighted by atomic mass is 10.0. The number of aromatic hydroxyl groups is 1. The summed E-state index contributed by atoms with van der Waals surface area (Å²) in [6.45, 7) is 1.99. The predicted octanol–water partition coefficient (Wildman–Crippen LogP) is 2.49. The van der Waals surface area contributed by atoms with E-state index in [2.05, 4.69) is 30.0 Å². The van der Waals surface area contributed by atoms with Crippen molar-refractivity contribution in [1.82, 2.24) is 30.0 Å². The molecule has 0 saturated heterocycles. The fraction of sp³-hybridized carbons (Fsp3) is 0.182. The van der Waals surface area contributed by atoms with E-state index in [1.54, 1.807) is 18.3 Å². The molecule has 0 atom stereocenters. The van der Waals surface area contributed by atoms with Crippen LogP contribution in [0.5, 0.6) is 5.75 Å². The fourth-order valence-electron chi connectivity index (χ4n) is 3.79. The minimum atomic E-state index is -0.115. The van der Waals surface area contributed by atoms with Gasteiger partial charge in [-0.15, -0.1) is 0 Å². The number of rotatable bonds is 4. The SMILES string of the molecule is O=c1[nH]c(-c2ccccn2)nc2c1CN(Cc1cn[nH]c1-c1ccc(O)cc1)CC2. The molecular formula is C22H20N6O2. The van der Waals surface area contributed by atoms with Gasteiger partial charge in [0.1, 0.15) is 11.4 Å². The minimum absolute atomic E-state index is 0.115. The third-order valence-corrected chi connectivity index (χ3v) is 5.32. The maximum atomic E-state index is 12.7. The van der Waals surface area contributed by atoms with Gasteiger partial charge in [0, 0.05) is 43.4 Å². The first-order valence-electron chi connectivity index (χ1n) is 9.75. The van der Waals surface area contributed by atoms with Crippen LogP contribution in [0.1, 0.15) is 16.8 Å². The van der Waals surface area contributed by atoms with E-state index in [-0.39, 0.29) is 11.3 Å². The number of phenols is 1. The number of hydrogen-bond donors (Lipinski definition) is 3. The molecule has 0 radical (unpaired) electrons. The third-order valence-electron chi connectivity index (χ3n) is 5.32. The summed E-state index contributed by atoms with van der Waals surface area (Å²) >= 11 is 0. The van der Waals surface area contributed by atoms with Crippen molar-refractivity contribution in [2.45, 2.75) is 19.5 Å². The molecule has 1 aliphatic heterocycles. The van der Waals surface area contributed by atoms with Crippen LogP contribution in [0.25, 0.3) is 22.8 Å². The number of pyridine rings is 1. The van der Waals surface area contributed by atoms with Gasteiger partial charge in [0.25, 0.3) is 5.56 Å². The Morgan fingerprint density at radius 3 is 2.80 bits per heavy atom. The first-order chi connectivity index (χ1) is 14.7. The number of H-pyrrole nitrogens is 2. The van der Waals surface area contributed by atoms with Crippen LogP contribution >= 0.6 is 0 Å². The number of nitrogens with zero attached hydrogens (tertiary/aromatic N) is 4. The van der Waals surface area contributed by atoms with Gasteiger partial charge in [0.15, 0.2) is 5.82 Å². The van der Waals surface area contributed by atoms with E-state index >= 15 is 0 Å². The van der Waals surface area contributed by atoms with Crippen molar-refractivity contribution < 1.29 is 5.11 Å². The fourth-order valence-corrected chi connectivity index (χ4v) is 3.79. The molecule has 1 aromatic carbocycles. The summed E-state index contributed by atoms with van der Waals surface area (Å²) in [7, 11) is 0. The monoisotopic (exact) mass is 400 g/mol. The second-order valence-corrected chi connectivity index (χ2v) is 7.33. The average Bonchev–Trinajstić information content (AvgIpc) is 3.23. The molecule has 0 unspecified atom stereocenters. The van der Waals surface area contributed by atoms with Crippen LogP contribution in [-0.4, -0.2) is 41.7 Å². The van der Waals surface area contributed by atoms with Gasteiger partial charge < -0.3 is 10.1 Å². The molecule has 3 N–H and O–H groups in total. The summed E-state index contributed by atoms with van der Waals surface area (Å²) in [5.41, 5.74) is 5.00. The van der Waals surface area contributed by atoms with Gasteiger partial charge in [0.05, 0.1) is 23.1 Å². The minimum Gasteiger partial charge on any atom is -0.508 e. The first kappa shape index (κ1) is 18.3. The molecule has 3 aromatic heterocycles. The van der Waals surface area contributed by atoms with Crippen LogP contribution in [0.15, 0.2) is 59.7 Å². The predicted molar refractivity (Wildman–Crippen MR) is 112 cm³/mol. The summed E-state index contributed by atoms with van der Waals surface area (Å²) in [6, 6.07) is 12.6. The Labute approximate surface area is 172 Å². The highest BCUT2D eigenvalue weighted by molar-refractivity contribution is 5.63. The number of benzene rings is 1. The zero-order chi connectivity index (χ0) is 20.5. The van der Waals surface area contributed by atoms with E-state index in [9.17, 15) is 9.90 Å². The molecule has 0 spiro atoms. The van der Waals surface area contributed by atoms with Crippen molar-refractivity contribution in [2.75, 3.05) is 6.54 Å². The number of aromatic nitrogens is 5. The molecule has 0 amide bonds. The summed E-state index contributed by atoms with van der Waals surface area (Å²) < 4.78 is 0. The van der Waals surface area contributed by atoms with Crippen LogP contribution in [0.2, 0.25) is 0 Å². The van der Waals surface area contributed by atoms with Gasteiger partial charge >= 0.3 is 0 Å². The molecule has 30 heavy (non-hydrogen) atoms. The molecule has 1 aliphatic rings. The maximum Gasteiger partial charge on any atom is 0.255 e. The Kier molecular flexibility index (Phi) is 4.61. The summed E-state index contributed by atoms with van der Waals surface area (Å²) in [5, 5.41) is 16.8. The summed E-state index contributed by atoms with van der Waals surface area (Å²) in [6.07, 6.45) is 4.20. The van der Waals surface area contributed by atoms with Crippen LogP contribution in [0, 0.1) is 0 Å². The number of aromatic amines is 2. The van der Waals surface area contributed by atoms with E-state index in [4.69, 9.17) is 0 Å². The quantitative estimate of drug-likeness (QED) is 0.485. The van der Waals surface area contributed by atoms with Gasteiger partial charge in [-0.25, -0.2) is 4.98 Å². The standard InChI is InChI=1S/C22H20N6O2/c29-16-6-4-14(5-7-16)20-15(11-24-27-20)12-28-10-8-18-17(13-28)22(30)26-21(25-18)19-3-1-2-9-23-19/h1-7,9,11,29H,8,10,12-13H2,(H,24,27)(H,25,26,30). The smallest absolute Gasteiger partial charge is 0.255 e. The van der Waals surface area contributed by atoms with Gasteiger partial charge in [-0.1, -0.05) is 6.07 Å². The van der Waals surface area contributed by atoms with Gasteiger partial charge in [-0.05, 0) is 36.4 Å². The molecule has 0 bridgehead atoms. The maximum absolute atomic E-state index is 12.7. The van der Waals surface area contributed by atoms with Gasteiger partial charge in [0.2, 0.25) is 0 Å². The van der Waals surface area contributed by atoms with Crippen molar-refractivity contribution in [3.05, 3.63) is 82.0 Å². The van der Waals surface area contributed by atoms with Crippen LogP contribution < -0.4 is 5.56 Å². The summed E-state index contributed by atoms with van der Waals surface area (Å²) in [5.74, 6) is 0.738. The Morgan fingerprint density at radius 2 is 2.00 bits per heavy atom. The zero-order valence-corrected chi connectivity index (χ0v) is 16.2. The second kappa shape index (κ2) is 7.57. The highest BCUT2D eigenvalue weighted by Crippen LogP contribution is 2.26. The van der Waals surface area contributed by atoms with Crippen molar-refractivity contribution in [2.24, 2.45) is 0 Å². The van der Waals surface area contributed by atoms with Gasteiger partial charge in [-0.3, -0.25) is 19.8 Å². The molecule has 0 aliphatic carbocycles. The van der Waals surface area contributed by atoms with Crippen molar-refractivity contribution in [3.63, 3.8) is 0 Å². The lowest BCUT2D eigenvalue weighted by Gasteiger charge is -2.27. The molecule has 8 nitrogen and oxygen atoms in total. The van der Waals surface area contributed by atoms with Gasteiger partial charge in [-0.2, -0.15) is 5.10 Å².